The number of benzene rings is 2. The van der Waals surface area contributed by atoms with E-state index in [0.29, 0.717) is 34.6 Å². The number of oxazole rings is 1. The number of carbonyl (C=O) groups is 1. The zero-order chi connectivity index (χ0) is 20.9. The first-order valence-corrected chi connectivity index (χ1v) is 10.2. The monoisotopic (exact) mass is 420 g/mol. The Bertz CT molecular complexity index is 1190. The van der Waals surface area contributed by atoms with E-state index in [0.717, 1.165) is 23.2 Å². The third-order valence-corrected chi connectivity index (χ3v) is 5.64. The number of guanidine groups is 1. The van der Waals surface area contributed by atoms with Crippen LogP contribution in [0, 0.1) is 5.41 Å². The van der Waals surface area contributed by atoms with Crippen molar-refractivity contribution in [2.75, 3.05) is 5.32 Å². The summed E-state index contributed by atoms with van der Waals surface area (Å²) < 4.78 is 5.78. The van der Waals surface area contributed by atoms with Gasteiger partial charge >= 0.3 is 6.01 Å². The Balaban J connectivity index is 1.55. The number of allylic oxidation sites excluding steroid dienone is 1. The first-order valence-electron chi connectivity index (χ1n) is 9.87. The van der Waals surface area contributed by atoms with Crippen LogP contribution in [-0.2, 0) is 4.79 Å². The van der Waals surface area contributed by atoms with Crippen LogP contribution in [0.25, 0.3) is 11.1 Å². The lowest BCUT2D eigenvalue weighted by Gasteiger charge is -2.37. The van der Waals surface area contributed by atoms with Gasteiger partial charge in [-0.1, -0.05) is 49.7 Å². The number of ketones is 1. The standard InChI is InChI=1S/C23H21ClN4O2/c1-23(2)11-16-19(17(29)12-23)20(13-6-5-7-14(24)10-13)27-21(25-16)28-22-26-15-8-3-4-9-18(15)30-22/h3-10,20H,11-12H2,1-2H3,(H2,25,26,27,28)/t20-/m0/s1. The molecule has 0 unspecified atom stereocenters. The van der Waals surface area contributed by atoms with Gasteiger partial charge in [0.25, 0.3) is 0 Å². The van der Waals surface area contributed by atoms with Gasteiger partial charge in [0.15, 0.2) is 11.4 Å². The van der Waals surface area contributed by atoms with E-state index in [1.807, 2.05) is 48.5 Å². The van der Waals surface area contributed by atoms with E-state index in [4.69, 9.17) is 21.0 Å². The van der Waals surface area contributed by atoms with Crippen LogP contribution in [0.1, 0.15) is 38.3 Å². The molecular weight excluding hydrogens is 400 g/mol. The number of para-hydroxylation sites is 2. The molecule has 0 bridgehead atoms. The van der Waals surface area contributed by atoms with Gasteiger partial charge < -0.3 is 9.73 Å². The SMILES string of the molecule is CC1(C)CC(=O)C2=C(C1)NC(Nc1nc3ccccc3o1)=N[C@H]2c1cccc(Cl)c1. The third kappa shape index (κ3) is 3.48. The van der Waals surface area contributed by atoms with Crippen molar-refractivity contribution in [3.8, 4) is 0 Å². The lowest BCUT2D eigenvalue weighted by molar-refractivity contribution is -0.118. The number of carbonyl (C=O) groups excluding carboxylic acids is 1. The van der Waals surface area contributed by atoms with Gasteiger partial charge in [0, 0.05) is 22.7 Å². The van der Waals surface area contributed by atoms with Crippen molar-refractivity contribution in [3.05, 3.63) is 70.4 Å². The Morgan fingerprint density at radius 3 is 2.80 bits per heavy atom. The number of aromatic nitrogens is 1. The van der Waals surface area contributed by atoms with Crippen LogP contribution in [0.15, 0.2) is 69.2 Å². The molecule has 7 heteroatoms. The topological polar surface area (TPSA) is 79.5 Å². The fraction of sp³-hybridized carbons (Fsp3) is 0.261. The third-order valence-electron chi connectivity index (χ3n) is 5.40. The molecule has 2 aliphatic rings. The molecule has 2 aromatic carbocycles. The molecule has 3 aromatic rings. The number of hydrogen-bond donors (Lipinski definition) is 2. The molecule has 30 heavy (non-hydrogen) atoms. The second-order valence-electron chi connectivity index (χ2n) is 8.51. The maximum atomic E-state index is 13.0. The van der Waals surface area contributed by atoms with E-state index in [1.54, 1.807) is 0 Å². The van der Waals surface area contributed by atoms with Gasteiger partial charge in [-0.05, 0) is 41.7 Å². The minimum absolute atomic E-state index is 0.114. The van der Waals surface area contributed by atoms with Gasteiger partial charge in [0.2, 0.25) is 5.96 Å². The maximum absolute atomic E-state index is 13.0. The van der Waals surface area contributed by atoms with Gasteiger partial charge in [-0.2, -0.15) is 4.98 Å². The highest BCUT2D eigenvalue weighted by molar-refractivity contribution is 6.30. The van der Waals surface area contributed by atoms with Gasteiger partial charge in [-0.3, -0.25) is 10.1 Å². The van der Waals surface area contributed by atoms with Crippen LogP contribution < -0.4 is 10.6 Å². The van der Waals surface area contributed by atoms with Crippen LogP contribution in [0.4, 0.5) is 6.01 Å². The first-order chi connectivity index (χ1) is 14.4. The Hall–Kier alpha value is -3.12. The summed E-state index contributed by atoms with van der Waals surface area (Å²) in [5.74, 6) is 0.610. The van der Waals surface area contributed by atoms with E-state index in [2.05, 4.69) is 29.5 Å². The zero-order valence-electron chi connectivity index (χ0n) is 16.7. The fourth-order valence-corrected chi connectivity index (χ4v) is 4.34. The second-order valence-corrected chi connectivity index (χ2v) is 8.94. The summed E-state index contributed by atoms with van der Waals surface area (Å²) >= 11 is 6.23. The molecule has 2 heterocycles. The summed E-state index contributed by atoms with van der Waals surface area (Å²) in [6, 6.07) is 15.0. The number of nitrogens with one attached hydrogen (secondary N) is 2. The molecule has 0 saturated heterocycles. The number of aliphatic imine (C=N–C) groups is 1. The van der Waals surface area contributed by atoms with E-state index < -0.39 is 6.04 Å². The van der Waals surface area contributed by atoms with Crippen LogP contribution in [0.2, 0.25) is 5.02 Å². The van der Waals surface area contributed by atoms with Crippen LogP contribution >= 0.6 is 11.6 Å². The average Bonchev–Trinajstić information content (AvgIpc) is 3.08. The quantitative estimate of drug-likeness (QED) is 0.592. The number of nitrogens with zero attached hydrogens (tertiary/aromatic N) is 2. The van der Waals surface area contributed by atoms with Crippen LogP contribution in [0.5, 0.6) is 0 Å². The Labute approximate surface area is 179 Å². The minimum Gasteiger partial charge on any atom is -0.423 e. The first kappa shape index (κ1) is 18.9. The number of hydrogen-bond acceptors (Lipinski definition) is 6. The fourth-order valence-electron chi connectivity index (χ4n) is 4.14. The summed E-state index contributed by atoms with van der Waals surface area (Å²) in [7, 11) is 0. The molecule has 0 saturated carbocycles. The van der Waals surface area contributed by atoms with Crippen molar-refractivity contribution in [1.29, 1.82) is 0 Å². The van der Waals surface area contributed by atoms with Gasteiger partial charge in [0.05, 0.1) is 0 Å². The van der Waals surface area contributed by atoms with Crippen LogP contribution in [-0.4, -0.2) is 16.7 Å². The zero-order valence-corrected chi connectivity index (χ0v) is 17.5. The van der Waals surface area contributed by atoms with Crippen molar-refractivity contribution in [2.45, 2.75) is 32.7 Å². The molecular formula is C23H21ClN4O2. The van der Waals surface area contributed by atoms with Crippen molar-refractivity contribution < 1.29 is 9.21 Å². The number of Topliss-reactive ketones (excluding diaryl/α,β-unsaturated/α-hetero) is 1. The van der Waals surface area contributed by atoms with Crippen molar-refractivity contribution in [1.82, 2.24) is 10.3 Å². The highest BCUT2D eigenvalue weighted by Gasteiger charge is 2.39. The Morgan fingerprint density at radius 2 is 2.00 bits per heavy atom. The van der Waals surface area contributed by atoms with Gasteiger partial charge in [0.1, 0.15) is 11.6 Å². The summed E-state index contributed by atoms with van der Waals surface area (Å²) in [5.41, 5.74) is 3.80. The molecule has 152 valence electrons. The summed E-state index contributed by atoms with van der Waals surface area (Å²) in [6.07, 6.45) is 1.24. The molecule has 1 atom stereocenters. The minimum atomic E-state index is -0.435. The van der Waals surface area contributed by atoms with E-state index >= 15 is 0 Å². The van der Waals surface area contributed by atoms with Crippen molar-refractivity contribution in [3.63, 3.8) is 0 Å². The molecule has 6 nitrogen and oxygen atoms in total. The number of fused-ring (bicyclic) bond motifs is 1. The Kier molecular flexibility index (Phi) is 4.40. The average molecular weight is 421 g/mol. The molecule has 0 spiro atoms. The van der Waals surface area contributed by atoms with E-state index in [1.165, 1.54) is 0 Å². The molecule has 0 fully saturated rings. The second kappa shape index (κ2) is 6.99. The summed E-state index contributed by atoms with van der Waals surface area (Å²) in [5, 5.41) is 7.07. The highest BCUT2D eigenvalue weighted by atomic mass is 35.5. The molecule has 1 aliphatic heterocycles. The molecule has 0 radical (unpaired) electrons. The van der Waals surface area contributed by atoms with Gasteiger partial charge in [-0.25, -0.2) is 4.99 Å². The molecule has 0 amide bonds. The predicted octanol–water partition coefficient (Wildman–Crippen LogP) is 5.24. The smallest absolute Gasteiger partial charge is 0.302 e. The molecule has 1 aliphatic carbocycles. The number of halogens is 1. The molecule has 1 aromatic heterocycles. The molecule has 5 rings (SSSR count). The predicted molar refractivity (Wildman–Crippen MR) is 117 cm³/mol. The Morgan fingerprint density at radius 1 is 1.17 bits per heavy atom. The normalized spacial score (nSPS) is 20.6. The van der Waals surface area contributed by atoms with Gasteiger partial charge in [-0.15, -0.1) is 0 Å². The summed E-state index contributed by atoms with van der Waals surface area (Å²) in [6.45, 7) is 4.20. The van der Waals surface area contributed by atoms with Crippen molar-refractivity contribution >= 4 is 40.5 Å². The lowest BCUT2D eigenvalue weighted by atomic mass is 9.73. The number of rotatable bonds is 2. The van der Waals surface area contributed by atoms with Crippen molar-refractivity contribution in [2.24, 2.45) is 10.4 Å². The summed E-state index contributed by atoms with van der Waals surface area (Å²) in [4.78, 5) is 22.3. The van der Waals surface area contributed by atoms with E-state index in [9.17, 15) is 4.79 Å². The maximum Gasteiger partial charge on any atom is 0.302 e. The largest absolute Gasteiger partial charge is 0.423 e. The van der Waals surface area contributed by atoms with E-state index in [-0.39, 0.29) is 11.2 Å². The highest BCUT2D eigenvalue weighted by Crippen LogP contribution is 2.43. The number of anilines is 1. The lowest BCUT2D eigenvalue weighted by Crippen LogP contribution is -2.41. The van der Waals surface area contributed by atoms with Crippen LogP contribution in [0.3, 0.4) is 0 Å². The molecule has 2 N–H and O–H groups in total.